The Bertz CT molecular complexity index is 948. The monoisotopic (exact) mass is 419 g/mol. The van der Waals surface area contributed by atoms with Crippen molar-refractivity contribution in [3.8, 4) is 0 Å². The van der Waals surface area contributed by atoms with E-state index in [0.29, 0.717) is 43.3 Å². The van der Waals surface area contributed by atoms with Crippen LogP contribution >= 0.6 is 15.9 Å². The van der Waals surface area contributed by atoms with Gasteiger partial charge in [0.2, 0.25) is 0 Å². The van der Waals surface area contributed by atoms with Crippen molar-refractivity contribution in [3.05, 3.63) is 50.6 Å². The molecule has 0 aliphatic carbocycles. The largest absolute Gasteiger partial charge is 0.351 e. The lowest BCUT2D eigenvalue weighted by atomic mass is 10.2. The fourth-order valence-corrected chi connectivity index (χ4v) is 3.84. The van der Waals surface area contributed by atoms with E-state index < -0.39 is 0 Å². The van der Waals surface area contributed by atoms with E-state index in [2.05, 4.69) is 26.6 Å². The van der Waals surface area contributed by atoms with Crippen LogP contribution in [0.15, 0.2) is 33.5 Å². The summed E-state index contributed by atoms with van der Waals surface area (Å²) < 4.78 is 4.02. The zero-order valence-corrected chi connectivity index (χ0v) is 15.6. The Hall–Kier alpha value is -2.55. The molecule has 0 atom stereocenters. The zero-order chi connectivity index (χ0) is 18.3. The maximum absolute atomic E-state index is 12.6. The standard InChI is InChI=1S/C17H18BrN5O3/c18-11-3-1-4-12(9-11)20-16(25)21-7-8-22-13(10-21)14-15(24)19-5-2-6-23(14)17(22)26/h1,3-4,9H,2,5-8,10H2,(H,19,24)(H,20,25). The van der Waals surface area contributed by atoms with Gasteiger partial charge < -0.3 is 15.5 Å². The van der Waals surface area contributed by atoms with Crippen molar-refractivity contribution in [1.29, 1.82) is 0 Å². The van der Waals surface area contributed by atoms with Gasteiger partial charge in [0.25, 0.3) is 5.91 Å². The van der Waals surface area contributed by atoms with Gasteiger partial charge in [-0.25, -0.2) is 9.59 Å². The molecule has 0 radical (unpaired) electrons. The molecule has 26 heavy (non-hydrogen) atoms. The molecule has 2 aliphatic rings. The maximum atomic E-state index is 12.6. The van der Waals surface area contributed by atoms with E-state index >= 15 is 0 Å². The van der Waals surface area contributed by atoms with Crippen LogP contribution in [0.1, 0.15) is 22.6 Å². The van der Waals surface area contributed by atoms with Crippen LogP contribution < -0.4 is 16.3 Å². The Labute approximate surface area is 157 Å². The molecule has 136 valence electrons. The molecular weight excluding hydrogens is 402 g/mol. The Morgan fingerprint density at radius 1 is 1.15 bits per heavy atom. The van der Waals surface area contributed by atoms with Crippen molar-refractivity contribution in [2.24, 2.45) is 0 Å². The number of hydrogen-bond acceptors (Lipinski definition) is 3. The van der Waals surface area contributed by atoms with Gasteiger partial charge in [0.15, 0.2) is 0 Å². The molecule has 8 nitrogen and oxygen atoms in total. The number of rotatable bonds is 1. The van der Waals surface area contributed by atoms with Crippen LogP contribution in [0, 0.1) is 0 Å². The quantitative estimate of drug-likeness (QED) is 0.735. The van der Waals surface area contributed by atoms with Crippen molar-refractivity contribution in [2.75, 3.05) is 18.4 Å². The summed E-state index contributed by atoms with van der Waals surface area (Å²) in [6.45, 7) is 2.08. The minimum Gasteiger partial charge on any atom is -0.351 e. The summed E-state index contributed by atoms with van der Waals surface area (Å²) in [5.41, 5.74) is 1.50. The van der Waals surface area contributed by atoms with Crippen molar-refractivity contribution in [1.82, 2.24) is 19.4 Å². The van der Waals surface area contributed by atoms with E-state index in [1.807, 2.05) is 18.2 Å². The van der Waals surface area contributed by atoms with Crippen LogP contribution in [0.2, 0.25) is 0 Å². The molecule has 1 aromatic heterocycles. The number of halogens is 1. The Morgan fingerprint density at radius 2 is 2.00 bits per heavy atom. The van der Waals surface area contributed by atoms with E-state index in [9.17, 15) is 14.4 Å². The number of nitrogens with zero attached hydrogens (tertiary/aromatic N) is 3. The summed E-state index contributed by atoms with van der Waals surface area (Å²) in [6.07, 6.45) is 0.717. The molecule has 0 fully saturated rings. The second-order valence-electron chi connectivity index (χ2n) is 6.35. The number of carbonyl (C=O) groups excluding carboxylic acids is 2. The third-order valence-corrected chi connectivity index (χ3v) is 5.18. The van der Waals surface area contributed by atoms with Crippen LogP contribution in [0.5, 0.6) is 0 Å². The number of fused-ring (bicyclic) bond motifs is 3. The lowest BCUT2D eigenvalue weighted by Gasteiger charge is -2.28. The number of aromatic nitrogens is 2. The fraction of sp³-hybridized carbons (Fsp3) is 0.353. The predicted molar refractivity (Wildman–Crippen MR) is 99.2 cm³/mol. The second-order valence-corrected chi connectivity index (χ2v) is 7.27. The maximum Gasteiger partial charge on any atom is 0.329 e. The highest BCUT2D eigenvalue weighted by molar-refractivity contribution is 9.10. The van der Waals surface area contributed by atoms with Gasteiger partial charge in [-0.05, 0) is 24.6 Å². The molecule has 3 heterocycles. The second kappa shape index (κ2) is 6.64. The average Bonchev–Trinajstić information content (AvgIpc) is 2.76. The molecule has 0 spiro atoms. The van der Waals surface area contributed by atoms with Gasteiger partial charge in [-0.15, -0.1) is 0 Å². The number of carbonyl (C=O) groups is 2. The molecule has 3 amide bonds. The Kier molecular flexibility index (Phi) is 4.31. The minimum atomic E-state index is -0.254. The first-order valence-corrected chi connectivity index (χ1v) is 9.26. The summed E-state index contributed by atoms with van der Waals surface area (Å²) in [6, 6.07) is 7.09. The van der Waals surface area contributed by atoms with E-state index in [0.717, 1.165) is 10.9 Å². The van der Waals surface area contributed by atoms with Crippen LogP contribution in [0.4, 0.5) is 10.5 Å². The van der Waals surface area contributed by atoms with Gasteiger partial charge in [0.05, 0.1) is 12.2 Å². The summed E-state index contributed by atoms with van der Waals surface area (Å²) in [5, 5.41) is 5.67. The number of anilines is 1. The molecule has 2 aliphatic heterocycles. The number of amides is 3. The molecule has 0 saturated carbocycles. The van der Waals surface area contributed by atoms with E-state index in [-0.39, 0.29) is 24.2 Å². The Morgan fingerprint density at radius 3 is 2.81 bits per heavy atom. The van der Waals surface area contributed by atoms with Crippen LogP contribution in [0.3, 0.4) is 0 Å². The van der Waals surface area contributed by atoms with Crippen LogP contribution in [-0.4, -0.2) is 39.1 Å². The van der Waals surface area contributed by atoms with Crippen molar-refractivity contribution < 1.29 is 9.59 Å². The van der Waals surface area contributed by atoms with E-state index in [1.54, 1.807) is 15.5 Å². The fourth-order valence-electron chi connectivity index (χ4n) is 3.44. The summed E-state index contributed by atoms with van der Waals surface area (Å²) >= 11 is 3.38. The van der Waals surface area contributed by atoms with Crippen LogP contribution in [-0.2, 0) is 19.6 Å². The van der Waals surface area contributed by atoms with Gasteiger partial charge in [0, 0.05) is 36.3 Å². The van der Waals surface area contributed by atoms with E-state index in [1.165, 1.54) is 4.57 Å². The number of benzene rings is 1. The minimum absolute atomic E-state index is 0.168. The topological polar surface area (TPSA) is 88.4 Å². The normalized spacial score (nSPS) is 16.3. The first-order valence-electron chi connectivity index (χ1n) is 8.46. The number of urea groups is 1. The van der Waals surface area contributed by atoms with Crippen molar-refractivity contribution >= 4 is 33.6 Å². The third kappa shape index (κ3) is 2.92. The molecule has 0 saturated heterocycles. The molecule has 9 heteroatoms. The smallest absolute Gasteiger partial charge is 0.329 e. The lowest BCUT2D eigenvalue weighted by molar-refractivity contribution is 0.0947. The number of nitrogens with one attached hydrogen (secondary N) is 2. The molecule has 1 aromatic carbocycles. The number of imidazole rings is 1. The molecule has 2 aromatic rings. The van der Waals surface area contributed by atoms with Gasteiger partial charge in [-0.2, -0.15) is 0 Å². The molecular formula is C17H18BrN5O3. The third-order valence-electron chi connectivity index (χ3n) is 4.69. The molecule has 4 rings (SSSR count). The zero-order valence-electron chi connectivity index (χ0n) is 14.0. The molecule has 0 bridgehead atoms. The van der Waals surface area contributed by atoms with Gasteiger partial charge in [0.1, 0.15) is 5.69 Å². The Balaban J connectivity index is 1.60. The van der Waals surface area contributed by atoms with Gasteiger partial charge in [-0.3, -0.25) is 13.9 Å². The molecule has 2 N–H and O–H groups in total. The summed E-state index contributed by atoms with van der Waals surface area (Å²) in [4.78, 5) is 39.2. The van der Waals surface area contributed by atoms with E-state index in [4.69, 9.17) is 0 Å². The first-order chi connectivity index (χ1) is 12.5. The van der Waals surface area contributed by atoms with Gasteiger partial charge >= 0.3 is 11.7 Å². The average molecular weight is 420 g/mol. The number of hydrogen-bond donors (Lipinski definition) is 2. The van der Waals surface area contributed by atoms with Crippen molar-refractivity contribution in [2.45, 2.75) is 26.1 Å². The summed E-state index contributed by atoms with van der Waals surface area (Å²) in [5.74, 6) is -0.248. The predicted octanol–water partition coefficient (Wildman–Crippen LogP) is 1.59. The summed E-state index contributed by atoms with van der Waals surface area (Å²) in [7, 11) is 0. The van der Waals surface area contributed by atoms with Crippen molar-refractivity contribution in [3.63, 3.8) is 0 Å². The van der Waals surface area contributed by atoms with Crippen LogP contribution in [0.25, 0.3) is 0 Å². The van der Waals surface area contributed by atoms with Gasteiger partial charge in [-0.1, -0.05) is 22.0 Å². The highest BCUT2D eigenvalue weighted by Crippen LogP contribution is 2.20. The highest BCUT2D eigenvalue weighted by atomic mass is 79.9. The first kappa shape index (κ1) is 16.9. The molecule has 0 unspecified atom stereocenters. The SMILES string of the molecule is O=C1NCCCn2c1c1n(c2=O)CCN(C(=O)Nc2cccc(Br)c2)C1. The highest BCUT2D eigenvalue weighted by Gasteiger charge is 2.31. The lowest BCUT2D eigenvalue weighted by Crippen LogP contribution is -2.43.